The lowest BCUT2D eigenvalue weighted by Crippen LogP contribution is -2.29. The van der Waals surface area contributed by atoms with Crippen LogP contribution in [0.3, 0.4) is 0 Å². The minimum Gasteiger partial charge on any atom is -0.399 e. The molecule has 1 aromatic carbocycles. The summed E-state index contributed by atoms with van der Waals surface area (Å²) in [5, 5.41) is -0.191. The van der Waals surface area contributed by atoms with E-state index in [0.29, 0.717) is 11.4 Å². The predicted molar refractivity (Wildman–Crippen MR) is 61.2 cm³/mol. The first-order chi connectivity index (χ1) is 7.01. The zero-order valence-electron chi connectivity index (χ0n) is 8.55. The van der Waals surface area contributed by atoms with E-state index in [2.05, 4.69) is 0 Å². The normalized spacial score (nSPS) is 16.3. The summed E-state index contributed by atoms with van der Waals surface area (Å²) in [6, 6.07) is 6.90. The number of rotatable bonds is 3. The van der Waals surface area contributed by atoms with Crippen molar-refractivity contribution in [3.63, 3.8) is 0 Å². The van der Waals surface area contributed by atoms with E-state index in [0.717, 1.165) is 12.8 Å². The highest BCUT2D eigenvalue weighted by Gasteiger charge is 2.38. The molecule has 1 aromatic rings. The van der Waals surface area contributed by atoms with Crippen LogP contribution in [0.25, 0.3) is 0 Å². The molecule has 1 aliphatic rings. The Hall–Kier alpha value is -1.23. The van der Waals surface area contributed by atoms with Crippen LogP contribution in [0, 0.1) is 0 Å². The van der Waals surface area contributed by atoms with Crippen molar-refractivity contribution in [2.45, 2.75) is 18.1 Å². The second-order valence-corrected chi connectivity index (χ2v) is 6.05. The molecule has 0 aliphatic heterocycles. The molecule has 4 nitrogen and oxygen atoms in total. The molecule has 0 saturated heterocycles. The first-order valence-corrected chi connectivity index (χ1v) is 6.35. The van der Waals surface area contributed by atoms with Gasteiger partial charge in [0.2, 0.25) is 10.0 Å². The monoisotopic (exact) mass is 226 g/mol. The van der Waals surface area contributed by atoms with Crippen molar-refractivity contribution in [2.24, 2.45) is 0 Å². The maximum Gasteiger partial charge on any atom is 0.237 e. The average Bonchev–Trinajstić information content (AvgIpc) is 2.99. The fourth-order valence-electron chi connectivity index (χ4n) is 1.46. The standard InChI is InChI=1S/C10H14N2O2S/c1-12(15(13,14)10-5-6-10)9-4-2-3-8(11)7-9/h2-4,7,10H,5-6,11H2,1H3. The fraction of sp³-hybridized carbons (Fsp3) is 0.400. The largest absolute Gasteiger partial charge is 0.399 e. The molecule has 0 spiro atoms. The summed E-state index contributed by atoms with van der Waals surface area (Å²) in [5.74, 6) is 0. The van der Waals surface area contributed by atoms with Gasteiger partial charge in [0.05, 0.1) is 10.9 Å². The number of benzene rings is 1. The van der Waals surface area contributed by atoms with E-state index in [-0.39, 0.29) is 5.25 Å². The topological polar surface area (TPSA) is 63.4 Å². The molecule has 2 N–H and O–H groups in total. The van der Waals surface area contributed by atoms with E-state index in [4.69, 9.17) is 5.73 Å². The van der Waals surface area contributed by atoms with Crippen LogP contribution >= 0.6 is 0 Å². The van der Waals surface area contributed by atoms with Gasteiger partial charge in [0.25, 0.3) is 0 Å². The van der Waals surface area contributed by atoms with Gasteiger partial charge < -0.3 is 5.73 Å². The Labute approximate surface area is 89.7 Å². The number of nitrogen functional groups attached to an aromatic ring is 1. The highest BCUT2D eigenvalue weighted by molar-refractivity contribution is 7.93. The minimum atomic E-state index is -3.16. The Morgan fingerprint density at radius 2 is 2.07 bits per heavy atom. The summed E-state index contributed by atoms with van der Waals surface area (Å²) >= 11 is 0. The number of nitrogens with zero attached hydrogens (tertiary/aromatic N) is 1. The van der Waals surface area contributed by atoms with Crippen molar-refractivity contribution < 1.29 is 8.42 Å². The molecule has 0 amide bonds. The molecule has 0 unspecified atom stereocenters. The summed E-state index contributed by atoms with van der Waals surface area (Å²) in [5.41, 5.74) is 6.81. The molecule has 82 valence electrons. The Morgan fingerprint density at radius 3 is 2.60 bits per heavy atom. The van der Waals surface area contributed by atoms with E-state index >= 15 is 0 Å². The molecular weight excluding hydrogens is 212 g/mol. The number of anilines is 2. The molecule has 0 heterocycles. The van der Waals surface area contributed by atoms with Crippen LogP contribution in [0.5, 0.6) is 0 Å². The van der Waals surface area contributed by atoms with Gasteiger partial charge in [-0.05, 0) is 31.0 Å². The van der Waals surface area contributed by atoms with Crippen LogP contribution in [-0.4, -0.2) is 20.7 Å². The van der Waals surface area contributed by atoms with Gasteiger partial charge in [-0.3, -0.25) is 4.31 Å². The molecule has 15 heavy (non-hydrogen) atoms. The van der Waals surface area contributed by atoms with Gasteiger partial charge >= 0.3 is 0 Å². The SMILES string of the molecule is CN(c1cccc(N)c1)S(=O)(=O)C1CC1. The van der Waals surface area contributed by atoms with Gasteiger partial charge in [-0.1, -0.05) is 6.07 Å². The fourth-order valence-corrected chi connectivity index (χ4v) is 3.04. The third-order valence-corrected chi connectivity index (χ3v) is 4.85. The Bertz CT molecular complexity index is 466. The van der Waals surface area contributed by atoms with Gasteiger partial charge in [-0.15, -0.1) is 0 Å². The second-order valence-electron chi connectivity index (χ2n) is 3.81. The number of hydrogen-bond acceptors (Lipinski definition) is 3. The first-order valence-electron chi connectivity index (χ1n) is 4.85. The Kier molecular flexibility index (Phi) is 2.34. The van der Waals surface area contributed by atoms with Crippen LogP contribution < -0.4 is 10.0 Å². The molecule has 1 saturated carbocycles. The minimum absolute atomic E-state index is 0.191. The van der Waals surface area contributed by atoms with E-state index in [1.807, 2.05) is 0 Å². The Balaban J connectivity index is 2.31. The summed E-state index contributed by atoms with van der Waals surface area (Å²) in [4.78, 5) is 0. The molecule has 0 bridgehead atoms. The van der Waals surface area contributed by atoms with Gasteiger partial charge in [-0.2, -0.15) is 0 Å². The summed E-state index contributed by atoms with van der Waals surface area (Å²) in [7, 11) is -1.59. The average molecular weight is 226 g/mol. The first kappa shape index (κ1) is 10.3. The van der Waals surface area contributed by atoms with Gasteiger partial charge in [-0.25, -0.2) is 8.42 Å². The van der Waals surface area contributed by atoms with E-state index in [1.54, 1.807) is 31.3 Å². The zero-order chi connectivity index (χ0) is 11.1. The van der Waals surface area contributed by atoms with Crippen LogP contribution in [0.15, 0.2) is 24.3 Å². The van der Waals surface area contributed by atoms with Crippen molar-refractivity contribution in [3.05, 3.63) is 24.3 Å². The molecule has 1 aliphatic carbocycles. The third kappa shape index (κ3) is 1.92. The summed E-state index contributed by atoms with van der Waals surface area (Å²) in [6.45, 7) is 0. The zero-order valence-corrected chi connectivity index (χ0v) is 9.37. The van der Waals surface area contributed by atoms with Crippen molar-refractivity contribution in [2.75, 3.05) is 17.1 Å². The summed E-state index contributed by atoms with van der Waals surface area (Å²) in [6.07, 6.45) is 1.55. The number of nitrogens with two attached hydrogens (primary N) is 1. The van der Waals surface area contributed by atoms with E-state index in [1.165, 1.54) is 4.31 Å². The maximum absolute atomic E-state index is 11.9. The van der Waals surface area contributed by atoms with Crippen molar-refractivity contribution in [1.29, 1.82) is 0 Å². The molecule has 2 rings (SSSR count). The smallest absolute Gasteiger partial charge is 0.237 e. The highest BCUT2D eigenvalue weighted by Crippen LogP contribution is 2.32. The molecule has 0 aromatic heterocycles. The number of hydrogen-bond donors (Lipinski definition) is 1. The molecular formula is C10H14N2O2S. The van der Waals surface area contributed by atoms with Gasteiger partial charge in [0.15, 0.2) is 0 Å². The molecule has 1 fully saturated rings. The van der Waals surface area contributed by atoms with Crippen molar-refractivity contribution in [1.82, 2.24) is 0 Å². The van der Waals surface area contributed by atoms with Crippen LogP contribution in [-0.2, 0) is 10.0 Å². The molecule has 0 radical (unpaired) electrons. The molecule has 5 heteroatoms. The van der Waals surface area contributed by atoms with E-state index < -0.39 is 10.0 Å². The van der Waals surface area contributed by atoms with Gasteiger partial charge in [0.1, 0.15) is 0 Å². The van der Waals surface area contributed by atoms with E-state index in [9.17, 15) is 8.42 Å². The van der Waals surface area contributed by atoms with Crippen molar-refractivity contribution >= 4 is 21.4 Å². The molecule has 0 atom stereocenters. The Morgan fingerprint density at radius 1 is 1.40 bits per heavy atom. The maximum atomic E-state index is 11.9. The predicted octanol–water partition coefficient (Wildman–Crippen LogP) is 1.20. The van der Waals surface area contributed by atoms with Crippen molar-refractivity contribution in [3.8, 4) is 0 Å². The van der Waals surface area contributed by atoms with Crippen LogP contribution in [0.1, 0.15) is 12.8 Å². The second kappa shape index (κ2) is 3.41. The lowest BCUT2D eigenvalue weighted by Gasteiger charge is -2.19. The van der Waals surface area contributed by atoms with Gasteiger partial charge in [0, 0.05) is 12.7 Å². The van der Waals surface area contributed by atoms with Crippen LogP contribution in [0.4, 0.5) is 11.4 Å². The van der Waals surface area contributed by atoms with Crippen LogP contribution in [0.2, 0.25) is 0 Å². The lowest BCUT2D eigenvalue weighted by molar-refractivity contribution is 0.593. The number of sulfonamides is 1. The lowest BCUT2D eigenvalue weighted by atomic mass is 10.3. The third-order valence-electron chi connectivity index (χ3n) is 2.56. The summed E-state index contributed by atoms with van der Waals surface area (Å²) < 4.78 is 25.1. The highest BCUT2D eigenvalue weighted by atomic mass is 32.2. The quantitative estimate of drug-likeness (QED) is 0.788.